The van der Waals surface area contributed by atoms with Gasteiger partial charge in [0.15, 0.2) is 0 Å². The maximum atomic E-state index is 2.56. The first-order valence-corrected chi connectivity index (χ1v) is 11.1. The summed E-state index contributed by atoms with van der Waals surface area (Å²) in [5.41, 5.74) is 0. The van der Waals surface area contributed by atoms with Gasteiger partial charge >= 0.3 is 0 Å². The molecule has 0 amide bonds. The molecule has 0 heteroatoms. The SMILES string of the molecule is C/C=C/[C@H]1CC[C@H](/C=C/CC[C@H]2CC[C@H](CCCCC)CC2)CC1. The molecule has 2 rings (SSSR count). The van der Waals surface area contributed by atoms with Crippen molar-refractivity contribution in [2.45, 2.75) is 104 Å². The van der Waals surface area contributed by atoms with E-state index in [9.17, 15) is 0 Å². The molecule has 0 aromatic carbocycles. The van der Waals surface area contributed by atoms with E-state index in [1.54, 1.807) is 0 Å². The predicted molar refractivity (Wildman–Crippen MR) is 108 cm³/mol. The number of unbranched alkanes of at least 4 members (excludes halogenated alkanes) is 2. The van der Waals surface area contributed by atoms with E-state index < -0.39 is 0 Å². The van der Waals surface area contributed by atoms with Crippen molar-refractivity contribution in [2.24, 2.45) is 23.7 Å². The van der Waals surface area contributed by atoms with Crippen LogP contribution in [0.15, 0.2) is 24.3 Å². The first-order chi connectivity index (χ1) is 11.8. The molecule has 0 saturated heterocycles. The minimum Gasteiger partial charge on any atom is -0.0914 e. The topological polar surface area (TPSA) is 0 Å². The lowest BCUT2D eigenvalue weighted by molar-refractivity contribution is 0.250. The normalized spacial score (nSPS) is 31.9. The molecule has 0 heterocycles. The Kier molecular flexibility index (Phi) is 9.85. The third kappa shape index (κ3) is 7.58. The average molecular weight is 331 g/mol. The van der Waals surface area contributed by atoms with Crippen molar-refractivity contribution in [2.75, 3.05) is 0 Å². The fourth-order valence-electron chi connectivity index (χ4n) is 4.91. The Balaban J connectivity index is 1.52. The van der Waals surface area contributed by atoms with Gasteiger partial charge in [-0.3, -0.25) is 0 Å². The van der Waals surface area contributed by atoms with Gasteiger partial charge in [-0.1, -0.05) is 82.6 Å². The molecule has 0 N–H and O–H groups in total. The third-order valence-corrected chi connectivity index (χ3v) is 6.61. The van der Waals surface area contributed by atoms with Crippen molar-refractivity contribution in [1.82, 2.24) is 0 Å². The molecule has 24 heavy (non-hydrogen) atoms. The van der Waals surface area contributed by atoms with Crippen molar-refractivity contribution in [1.29, 1.82) is 0 Å². The number of allylic oxidation sites excluding steroid dienone is 4. The largest absolute Gasteiger partial charge is 0.0914 e. The molecule has 2 saturated carbocycles. The molecule has 2 aliphatic rings. The quantitative estimate of drug-likeness (QED) is 0.296. The van der Waals surface area contributed by atoms with Crippen LogP contribution in [0.4, 0.5) is 0 Å². The molecule has 0 atom stereocenters. The van der Waals surface area contributed by atoms with Crippen molar-refractivity contribution in [3.63, 3.8) is 0 Å². The van der Waals surface area contributed by atoms with Crippen LogP contribution in [0.5, 0.6) is 0 Å². The summed E-state index contributed by atoms with van der Waals surface area (Å²) >= 11 is 0. The number of hydrogen-bond donors (Lipinski definition) is 0. The van der Waals surface area contributed by atoms with Crippen molar-refractivity contribution in [3.8, 4) is 0 Å². The van der Waals surface area contributed by atoms with E-state index in [0.717, 1.165) is 23.7 Å². The lowest BCUT2D eigenvalue weighted by Crippen LogP contribution is -2.14. The van der Waals surface area contributed by atoms with Crippen LogP contribution in [0.2, 0.25) is 0 Å². The molecule has 0 aliphatic heterocycles. The van der Waals surface area contributed by atoms with E-state index in [1.807, 2.05) is 0 Å². The summed E-state index contributed by atoms with van der Waals surface area (Å²) < 4.78 is 0. The summed E-state index contributed by atoms with van der Waals surface area (Å²) in [5.74, 6) is 3.84. The second-order valence-electron chi connectivity index (χ2n) is 8.59. The molecule has 0 bridgehead atoms. The van der Waals surface area contributed by atoms with Gasteiger partial charge in [0.05, 0.1) is 0 Å². The van der Waals surface area contributed by atoms with Gasteiger partial charge in [-0.05, 0) is 69.1 Å². The molecule has 138 valence electrons. The van der Waals surface area contributed by atoms with Crippen LogP contribution in [0.1, 0.15) is 104 Å². The average Bonchev–Trinajstić information content (AvgIpc) is 2.62. The summed E-state index contributed by atoms with van der Waals surface area (Å²) in [4.78, 5) is 0. The van der Waals surface area contributed by atoms with Crippen molar-refractivity contribution < 1.29 is 0 Å². The Hall–Kier alpha value is -0.520. The molecular weight excluding hydrogens is 288 g/mol. The Morgan fingerprint density at radius 2 is 1.29 bits per heavy atom. The van der Waals surface area contributed by atoms with E-state index in [1.165, 1.54) is 89.9 Å². The van der Waals surface area contributed by atoms with E-state index in [2.05, 4.69) is 38.2 Å². The molecule has 0 aromatic heterocycles. The molecule has 2 fully saturated rings. The second kappa shape index (κ2) is 11.9. The second-order valence-corrected chi connectivity index (χ2v) is 8.59. The maximum Gasteiger partial charge on any atom is -0.0233 e. The summed E-state index contributed by atoms with van der Waals surface area (Å²) in [5, 5.41) is 0. The standard InChI is InChI=1S/C24H42/c1-3-5-6-10-22-17-19-24(20-18-22)12-8-7-11-23-15-13-21(9-4-2)14-16-23/h4,7,9,11,21-24H,3,5-6,8,10,12-20H2,1-2H3/b9-4+,11-7+/t21-,22-,23-,24-. The lowest BCUT2D eigenvalue weighted by Gasteiger charge is -2.28. The van der Waals surface area contributed by atoms with E-state index in [4.69, 9.17) is 0 Å². The van der Waals surface area contributed by atoms with Gasteiger partial charge in [0.25, 0.3) is 0 Å². The smallest absolute Gasteiger partial charge is 0.0233 e. The maximum absolute atomic E-state index is 2.56. The van der Waals surface area contributed by atoms with Gasteiger partial charge in [-0.15, -0.1) is 0 Å². The van der Waals surface area contributed by atoms with Crippen molar-refractivity contribution >= 4 is 0 Å². The van der Waals surface area contributed by atoms with Crippen LogP contribution in [-0.4, -0.2) is 0 Å². The first-order valence-electron chi connectivity index (χ1n) is 11.1. The zero-order valence-corrected chi connectivity index (χ0v) is 16.5. The highest BCUT2D eigenvalue weighted by molar-refractivity contribution is 4.95. The highest BCUT2D eigenvalue weighted by atomic mass is 14.3. The van der Waals surface area contributed by atoms with Gasteiger partial charge in [0, 0.05) is 0 Å². The highest BCUT2D eigenvalue weighted by Gasteiger charge is 2.20. The van der Waals surface area contributed by atoms with Crippen LogP contribution in [0, 0.1) is 23.7 Å². The van der Waals surface area contributed by atoms with Crippen LogP contribution in [-0.2, 0) is 0 Å². The zero-order valence-electron chi connectivity index (χ0n) is 16.5. The van der Waals surface area contributed by atoms with Crippen LogP contribution >= 0.6 is 0 Å². The van der Waals surface area contributed by atoms with Gasteiger partial charge in [-0.25, -0.2) is 0 Å². The molecule has 0 unspecified atom stereocenters. The monoisotopic (exact) mass is 330 g/mol. The third-order valence-electron chi connectivity index (χ3n) is 6.61. The summed E-state index contributed by atoms with van der Waals surface area (Å²) in [7, 11) is 0. The molecule has 0 spiro atoms. The Morgan fingerprint density at radius 3 is 1.88 bits per heavy atom. The van der Waals surface area contributed by atoms with E-state index >= 15 is 0 Å². The highest BCUT2D eigenvalue weighted by Crippen LogP contribution is 2.34. The Morgan fingerprint density at radius 1 is 0.708 bits per heavy atom. The first kappa shape index (κ1) is 19.8. The molecule has 0 radical (unpaired) electrons. The van der Waals surface area contributed by atoms with Crippen LogP contribution < -0.4 is 0 Å². The minimum absolute atomic E-state index is 0.868. The predicted octanol–water partition coefficient (Wildman–Crippen LogP) is 8.09. The fraction of sp³-hybridized carbons (Fsp3) is 0.833. The molecule has 0 nitrogen and oxygen atoms in total. The van der Waals surface area contributed by atoms with Gasteiger partial charge < -0.3 is 0 Å². The van der Waals surface area contributed by atoms with Gasteiger partial charge in [-0.2, -0.15) is 0 Å². The number of hydrogen-bond acceptors (Lipinski definition) is 0. The summed E-state index contributed by atoms with van der Waals surface area (Å²) in [6, 6.07) is 0. The molecule has 0 aromatic rings. The molecular formula is C24H42. The number of rotatable bonds is 9. The molecule has 2 aliphatic carbocycles. The zero-order chi connectivity index (χ0) is 17.0. The minimum atomic E-state index is 0.868. The van der Waals surface area contributed by atoms with Gasteiger partial charge in [0.2, 0.25) is 0 Å². The lowest BCUT2D eigenvalue weighted by atomic mass is 9.78. The van der Waals surface area contributed by atoms with E-state index in [-0.39, 0.29) is 0 Å². The van der Waals surface area contributed by atoms with Crippen LogP contribution in [0.3, 0.4) is 0 Å². The Bertz CT molecular complexity index is 348. The van der Waals surface area contributed by atoms with E-state index in [0.29, 0.717) is 0 Å². The van der Waals surface area contributed by atoms with Crippen LogP contribution in [0.25, 0.3) is 0 Å². The van der Waals surface area contributed by atoms with Crippen molar-refractivity contribution in [3.05, 3.63) is 24.3 Å². The summed E-state index contributed by atoms with van der Waals surface area (Å²) in [6.45, 7) is 4.48. The Labute approximate surface area is 152 Å². The fourth-order valence-corrected chi connectivity index (χ4v) is 4.91. The summed E-state index contributed by atoms with van der Waals surface area (Å²) in [6.07, 6.45) is 30.0. The van der Waals surface area contributed by atoms with Gasteiger partial charge in [0.1, 0.15) is 0 Å².